The van der Waals surface area contributed by atoms with Gasteiger partial charge in [-0.15, -0.1) is 21.5 Å². The number of hydrogen-bond acceptors (Lipinski definition) is 5. The van der Waals surface area contributed by atoms with Gasteiger partial charge in [-0.1, -0.05) is 0 Å². The Morgan fingerprint density at radius 2 is 2.25 bits per heavy atom. The van der Waals surface area contributed by atoms with Gasteiger partial charge < -0.3 is 10.1 Å². The number of aromatic nitrogens is 2. The van der Waals surface area contributed by atoms with E-state index in [1.165, 1.54) is 17.8 Å². The maximum Gasteiger partial charge on any atom is 0.122 e. The first kappa shape index (κ1) is 10.6. The van der Waals surface area contributed by atoms with Gasteiger partial charge in [0.15, 0.2) is 0 Å². The Labute approximate surface area is 99.4 Å². The molecule has 1 aromatic rings. The second kappa shape index (κ2) is 4.77. The topological polar surface area (TPSA) is 47.0 Å². The second-order valence-electron chi connectivity index (χ2n) is 4.57. The SMILES string of the molecule is C(Cc1nnc(C2CCOC2)s1)NC1CC1. The molecule has 1 saturated carbocycles. The zero-order valence-electron chi connectivity index (χ0n) is 9.32. The van der Waals surface area contributed by atoms with Crippen molar-refractivity contribution < 1.29 is 4.74 Å². The molecule has 1 aliphatic carbocycles. The van der Waals surface area contributed by atoms with Gasteiger partial charge in [0.1, 0.15) is 10.0 Å². The van der Waals surface area contributed by atoms with E-state index in [0.717, 1.165) is 43.6 Å². The van der Waals surface area contributed by atoms with Crippen LogP contribution in [0.1, 0.15) is 35.2 Å². The first-order valence-corrected chi connectivity index (χ1v) is 6.87. The Kier molecular flexibility index (Phi) is 3.17. The Hall–Kier alpha value is -0.520. The molecule has 16 heavy (non-hydrogen) atoms. The van der Waals surface area contributed by atoms with Crippen molar-refractivity contribution >= 4 is 11.3 Å². The van der Waals surface area contributed by atoms with E-state index in [1.807, 2.05) is 0 Å². The molecule has 0 radical (unpaired) electrons. The van der Waals surface area contributed by atoms with Crippen molar-refractivity contribution in [3.8, 4) is 0 Å². The van der Waals surface area contributed by atoms with Crippen LogP contribution >= 0.6 is 11.3 Å². The Balaban J connectivity index is 1.50. The van der Waals surface area contributed by atoms with Crippen LogP contribution in [-0.2, 0) is 11.2 Å². The highest BCUT2D eigenvalue weighted by Crippen LogP contribution is 2.27. The maximum absolute atomic E-state index is 5.37. The zero-order chi connectivity index (χ0) is 10.8. The summed E-state index contributed by atoms with van der Waals surface area (Å²) in [6, 6.07) is 0.788. The van der Waals surface area contributed by atoms with Crippen LogP contribution in [0.15, 0.2) is 0 Å². The van der Waals surface area contributed by atoms with Crippen LogP contribution in [0.3, 0.4) is 0 Å². The van der Waals surface area contributed by atoms with E-state index in [2.05, 4.69) is 15.5 Å². The monoisotopic (exact) mass is 239 g/mol. The van der Waals surface area contributed by atoms with Crippen molar-refractivity contribution in [3.05, 3.63) is 10.0 Å². The van der Waals surface area contributed by atoms with E-state index in [9.17, 15) is 0 Å². The van der Waals surface area contributed by atoms with Gasteiger partial charge in [-0.25, -0.2) is 0 Å². The van der Waals surface area contributed by atoms with Crippen molar-refractivity contribution in [2.75, 3.05) is 19.8 Å². The fourth-order valence-electron chi connectivity index (χ4n) is 1.93. The van der Waals surface area contributed by atoms with E-state index in [0.29, 0.717) is 5.92 Å². The average Bonchev–Trinajstić information content (AvgIpc) is 2.83. The van der Waals surface area contributed by atoms with Gasteiger partial charge >= 0.3 is 0 Å². The molecule has 1 aromatic heterocycles. The van der Waals surface area contributed by atoms with Crippen LogP contribution in [0, 0.1) is 0 Å². The highest BCUT2D eigenvalue weighted by Gasteiger charge is 2.22. The zero-order valence-corrected chi connectivity index (χ0v) is 10.1. The summed E-state index contributed by atoms with van der Waals surface area (Å²) in [7, 11) is 0. The van der Waals surface area contributed by atoms with Crippen LogP contribution in [0.4, 0.5) is 0 Å². The molecule has 1 saturated heterocycles. The Morgan fingerprint density at radius 1 is 1.31 bits per heavy atom. The molecule has 88 valence electrons. The molecule has 2 fully saturated rings. The highest BCUT2D eigenvalue weighted by atomic mass is 32.1. The molecule has 1 N–H and O–H groups in total. The van der Waals surface area contributed by atoms with Gasteiger partial charge in [-0.05, 0) is 19.3 Å². The quantitative estimate of drug-likeness (QED) is 0.842. The summed E-state index contributed by atoms with van der Waals surface area (Å²) in [6.07, 6.45) is 4.82. The van der Waals surface area contributed by atoms with Crippen molar-refractivity contribution in [2.24, 2.45) is 0 Å². The summed E-state index contributed by atoms with van der Waals surface area (Å²) in [6.45, 7) is 2.75. The van der Waals surface area contributed by atoms with Crippen LogP contribution in [0.5, 0.6) is 0 Å². The lowest BCUT2D eigenvalue weighted by atomic mass is 10.1. The first-order chi connectivity index (χ1) is 7.92. The van der Waals surface area contributed by atoms with E-state index in [4.69, 9.17) is 4.74 Å². The molecule has 2 heterocycles. The lowest BCUT2D eigenvalue weighted by molar-refractivity contribution is 0.194. The molecule has 1 unspecified atom stereocenters. The fourth-order valence-corrected chi connectivity index (χ4v) is 2.89. The van der Waals surface area contributed by atoms with E-state index in [1.54, 1.807) is 11.3 Å². The summed E-state index contributed by atoms with van der Waals surface area (Å²) in [5.41, 5.74) is 0. The van der Waals surface area contributed by atoms with Crippen LogP contribution in [-0.4, -0.2) is 36.0 Å². The largest absolute Gasteiger partial charge is 0.381 e. The Bertz CT molecular complexity index is 345. The summed E-state index contributed by atoms with van der Waals surface area (Å²) in [5.74, 6) is 0.502. The van der Waals surface area contributed by atoms with Crippen molar-refractivity contribution in [2.45, 2.75) is 37.6 Å². The molecule has 0 spiro atoms. The molecule has 0 bridgehead atoms. The summed E-state index contributed by atoms with van der Waals surface area (Å²) in [5, 5.41) is 14.3. The third-order valence-electron chi connectivity index (χ3n) is 3.11. The fraction of sp³-hybridized carbons (Fsp3) is 0.818. The minimum absolute atomic E-state index is 0.502. The molecular weight excluding hydrogens is 222 g/mol. The smallest absolute Gasteiger partial charge is 0.122 e. The van der Waals surface area contributed by atoms with Gasteiger partial charge in [0, 0.05) is 31.5 Å². The molecular formula is C11H17N3OS. The molecule has 0 aromatic carbocycles. The summed E-state index contributed by atoms with van der Waals surface area (Å²) >= 11 is 1.76. The van der Waals surface area contributed by atoms with E-state index in [-0.39, 0.29) is 0 Å². The van der Waals surface area contributed by atoms with Gasteiger partial charge in [0.25, 0.3) is 0 Å². The molecule has 5 heteroatoms. The van der Waals surface area contributed by atoms with Crippen LogP contribution < -0.4 is 5.32 Å². The van der Waals surface area contributed by atoms with E-state index >= 15 is 0 Å². The lowest BCUT2D eigenvalue weighted by Gasteiger charge is -1.99. The highest BCUT2D eigenvalue weighted by molar-refractivity contribution is 7.11. The predicted molar refractivity (Wildman–Crippen MR) is 62.8 cm³/mol. The number of hydrogen-bond donors (Lipinski definition) is 1. The standard InChI is InChI=1S/C11H17N3OS/c1-2-9(1)12-5-3-10-13-14-11(16-10)8-4-6-15-7-8/h8-9,12H,1-7H2. The third kappa shape index (κ3) is 2.59. The maximum atomic E-state index is 5.37. The normalized spacial score (nSPS) is 25.1. The third-order valence-corrected chi connectivity index (χ3v) is 4.26. The van der Waals surface area contributed by atoms with E-state index < -0.39 is 0 Å². The molecule has 3 rings (SSSR count). The average molecular weight is 239 g/mol. The predicted octanol–water partition coefficient (Wildman–Crippen LogP) is 1.34. The molecule has 2 aliphatic rings. The van der Waals surface area contributed by atoms with Gasteiger partial charge in [-0.2, -0.15) is 0 Å². The number of ether oxygens (including phenoxy) is 1. The minimum atomic E-state index is 0.502. The second-order valence-corrected chi connectivity index (χ2v) is 5.67. The van der Waals surface area contributed by atoms with Gasteiger partial charge in [0.2, 0.25) is 0 Å². The minimum Gasteiger partial charge on any atom is -0.381 e. The van der Waals surface area contributed by atoms with Crippen molar-refractivity contribution in [1.82, 2.24) is 15.5 Å². The number of rotatable bonds is 5. The van der Waals surface area contributed by atoms with Crippen LogP contribution in [0.25, 0.3) is 0 Å². The lowest BCUT2D eigenvalue weighted by Crippen LogP contribution is -2.19. The molecule has 4 nitrogen and oxygen atoms in total. The Morgan fingerprint density at radius 3 is 3.00 bits per heavy atom. The van der Waals surface area contributed by atoms with Gasteiger partial charge in [0.05, 0.1) is 6.61 Å². The van der Waals surface area contributed by atoms with Crippen LogP contribution in [0.2, 0.25) is 0 Å². The van der Waals surface area contributed by atoms with Crippen molar-refractivity contribution in [1.29, 1.82) is 0 Å². The summed E-state index contributed by atoms with van der Waals surface area (Å²) in [4.78, 5) is 0. The van der Waals surface area contributed by atoms with Crippen molar-refractivity contribution in [3.63, 3.8) is 0 Å². The molecule has 1 aliphatic heterocycles. The summed E-state index contributed by atoms with van der Waals surface area (Å²) < 4.78 is 5.37. The molecule has 1 atom stereocenters. The number of nitrogens with zero attached hydrogens (tertiary/aromatic N) is 2. The number of nitrogens with one attached hydrogen (secondary N) is 1. The molecule has 0 amide bonds. The van der Waals surface area contributed by atoms with Gasteiger partial charge in [-0.3, -0.25) is 0 Å². The first-order valence-electron chi connectivity index (χ1n) is 6.05.